The van der Waals surface area contributed by atoms with Crippen LogP contribution in [0.4, 0.5) is 5.69 Å². The summed E-state index contributed by atoms with van der Waals surface area (Å²) in [4.78, 5) is 13.1. The van der Waals surface area contributed by atoms with Crippen LogP contribution in [-0.4, -0.2) is 15.7 Å². The van der Waals surface area contributed by atoms with Crippen molar-refractivity contribution in [3.63, 3.8) is 0 Å². The molecular weight excluding hydrogens is 448 g/mol. The quantitative estimate of drug-likeness (QED) is 0.311. The van der Waals surface area contributed by atoms with Crippen molar-refractivity contribution >= 4 is 50.3 Å². The van der Waals surface area contributed by atoms with Crippen molar-refractivity contribution in [3.05, 3.63) is 82.1 Å². The van der Waals surface area contributed by atoms with Crippen LogP contribution in [0.2, 0.25) is 5.15 Å². The van der Waals surface area contributed by atoms with Crippen molar-refractivity contribution in [1.82, 2.24) is 9.78 Å². The third-order valence-corrected chi connectivity index (χ3v) is 6.49. The number of carbonyl (C=O) groups is 1. The summed E-state index contributed by atoms with van der Waals surface area (Å²) in [6.45, 7) is 7.95. The molecule has 0 bridgehead atoms. The summed E-state index contributed by atoms with van der Waals surface area (Å²) < 4.78 is 2.80. The van der Waals surface area contributed by atoms with Gasteiger partial charge in [-0.1, -0.05) is 50.2 Å². The predicted molar refractivity (Wildman–Crippen MR) is 133 cm³/mol. The highest BCUT2D eigenvalue weighted by Crippen LogP contribution is 2.37. The summed E-state index contributed by atoms with van der Waals surface area (Å²) in [5.41, 5.74) is 5.99. The van der Waals surface area contributed by atoms with Crippen molar-refractivity contribution in [2.24, 2.45) is 0 Å². The maximum absolute atomic E-state index is 13.1. The number of amides is 1. The molecule has 1 atom stereocenters. The molecular formula is C24H24Cl2N3OP. The zero-order valence-corrected chi connectivity index (χ0v) is 20.2. The Kier molecular flexibility index (Phi) is 6.00. The van der Waals surface area contributed by atoms with Crippen molar-refractivity contribution in [2.75, 3.05) is 4.42 Å². The first-order valence-electron chi connectivity index (χ1n) is 10.1. The van der Waals surface area contributed by atoms with Crippen LogP contribution in [-0.2, 0) is 18.0 Å². The van der Waals surface area contributed by atoms with E-state index in [4.69, 9.17) is 28.5 Å². The first-order valence-corrected chi connectivity index (χ1v) is 11.4. The number of rotatable bonds is 5. The van der Waals surface area contributed by atoms with E-state index < -0.39 is 0 Å². The van der Waals surface area contributed by atoms with Gasteiger partial charge in [-0.25, -0.2) is 9.10 Å². The zero-order valence-electron chi connectivity index (χ0n) is 17.5. The second kappa shape index (κ2) is 8.43. The minimum atomic E-state index is -0.305. The van der Waals surface area contributed by atoms with Crippen LogP contribution in [0.3, 0.4) is 0 Å². The number of aromatic nitrogens is 2. The van der Waals surface area contributed by atoms with E-state index in [1.165, 1.54) is 15.5 Å². The topological polar surface area (TPSA) is 38.1 Å². The molecule has 0 saturated heterocycles. The van der Waals surface area contributed by atoms with E-state index in [0.29, 0.717) is 22.1 Å². The fourth-order valence-electron chi connectivity index (χ4n) is 3.92. The van der Waals surface area contributed by atoms with E-state index in [-0.39, 0.29) is 11.1 Å². The Labute approximate surface area is 195 Å². The number of hydrogen-bond acceptors (Lipinski definition) is 2. The van der Waals surface area contributed by atoms with Crippen LogP contribution >= 0.6 is 32.6 Å². The summed E-state index contributed by atoms with van der Waals surface area (Å²) in [5.74, 6) is -0.305. The molecule has 1 heterocycles. The van der Waals surface area contributed by atoms with Gasteiger partial charge < -0.3 is 0 Å². The van der Waals surface area contributed by atoms with E-state index in [0.717, 1.165) is 30.5 Å². The highest BCUT2D eigenvalue weighted by Gasteiger charge is 2.26. The monoisotopic (exact) mass is 471 g/mol. The largest absolute Gasteiger partial charge is 0.273 e. The molecule has 0 aliphatic heterocycles. The molecule has 0 fully saturated rings. The van der Waals surface area contributed by atoms with Crippen LogP contribution in [0.15, 0.2) is 49.0 Å². The predicted octanol–water partition coefficient (Wildman–Crippen LogP) is 6.57. The van der Waals surface area contributed by atoms with Crippen molar-refractivity contribution in [1.29, 1.82) is 0 Å². The van der Waals surface area contributed by atoms with E-state index in [9.17, 15) is 4.79 Å². The van der Waals surface area contributed by atoms with Crippen LogP contribution in [0.25, 0.3) is 11.8 Å². The van der Waals surface area contributed by atoms with Gasteiger partial charge in [0.1, 0.15) is 5.15 Å². The molecule has 4 rings (SSSR count). The summed E-state index contributed by atoms with van der Waals surface area (Å²) in [5, 5.41) is 4.86. The number of fused-ring (bicyclic) bond motifs is 1. The normalized spacial score (nSPS) is 13.2. The van der Waals surface area contributed by atoms with Crippen molar-refractivity contribution in [3.8, 4) is 5.69 Å². The minimum Gasteiger partial charge on any atom is -0.267 e. The lowest BCUT2D eigenvalue weighted by molar-refractivity contribution is 0.101. The van der Waals surface area contributed by atoms with E-state index >= 15 is 0 Å². The second-order valence-electron chi connectivity index (χ2n) is 8.33. The summed E-state index contributed by atoms with van der Waals surface area (Å²) in [7, 11) is 2.77. The van der Waals surface area contributed by atoms with Gasteiger partial charge in [-0.2, -0.15) is 5.10 Å². The van der Waals surface area contributed by atoms with Gasteiger partial charge in [-0.05, 0) is 60.7 Å². The van der Waals surface area contributed by atoms with Crippen LogP contribution in [0.5, 0.6) is 0 Å². The molecule has 0 radical (unpaired) electrons. The highest BCUT2D eigenvalue weighted by atomic mass is 35.5. The number of nitrogens with zero attached hydrogens (tertiary/aromatic N) is 3. The summed E-state index contributed by atoms with van der Waals surface area (Å²) in [6, 6.07) is 13.1. The van der Waals surface area contributed by atoms with Gasteiger partial charge in [0.25, 0.3) is 5.91 Å². The summed E-state index contributed by atoms with van der Waals surface area (Å²) >= 11 is 13.1. The molecule has 1 unspecified atom stereocenters. The molecule has 4 nitrogen and oxygen atoms in total. The number of aryl methyl sites for hydroxylation is 2. The number of hydrogen-bond donors (Lipinski definition) is 0. The van der Waals surface area contributed by atoms with Gasteiger partial charge >= 0.3 is 0 Å². The van der Waals surface area contributed by atoms with E-state index in [2.05, 4.69) is 21.9 Å². The second-order valence-corrected chi connectivity index (χ2v) is 10.5. The number of carbonyl (C=O) groups excluding carboxylic acids is 1. The Morgan fingerprint density at radius 3 is 2.65 bits per heavy atom. The molecule has 0 spiro atoms. The molecule has 0 N–H and O–H groups in total. The van der Waals surface area contributed by atoms with Gasteiger partial charge in [-0.3, -0.25) is 4.79 Å². The van der Waals surface area contributed by atoms with Crippen LogP contribution < -0.4 is 4.42 Å². The molecule has 1 aliphatic rings. The van der Waals surface area contributed by atoms with Gasteiger partial charge in [-0.15, -0.1) is 9.24 Å². The van der Waals surface area contributed by atoms with Gasteiger partial charge in [0.2, 0.25) is 0 Å². The molecule has 7 heteroatoms. The Hall–Kier alpha value is -2.13. The Bertz CT molecular complexity index is 1180. The van der Waals surface area contributed by atoms with Crippen molar-refractivity contribution in [2.45, 2.75) is 38.3 Å². The van der Waals surface area contributed by atoms with E-state index in [1.54, 1.807) is 29.0 Å². The van der Waals surface area contributed by atoms with Gasteiger partial charge in [0.05, 0.1) is 17.1 Å². The maximum Gasteiger partial charge on any atom is 0.273 e. The first-order chi connectivity index (χ1) is 14.7. The molecule has 0 saturated carbocycles. The van der Waals surface area contributed by atoms with Crippen LogP contribution in [0.1, 0.15) is 53.0 Å². The fourth-order valence-corrected chi connectivity index (χ4v) is 4.64. The maximum atomic E-state index is 13.1. The number of halogens is 2. The zero-order chi connectivity index (χ0) is 22.3. The van der Waals surface area contributed by atoms with Crippen LogP contribution in [0, 0.1) is 0 Å². The first kappa shape index (κ1) is 22.1. The van der Waals surface area contributed by atoms with Crippen molar-refractivity contribution < 1.29 is 4.79 Å². The fraction of sp³-hybridized carbons (Fsp3) is 0.250. The molecule has 1 aliphatic carbocycles. The lowest BCUT2D eigenvalue weighted by atomic mass is 10.1. The molecule has 2 aromatic carbocycles. The Balaban J connectivity index is 1.68. The smallest absolute Gasteiger partial charge is 0.267 e. The molecule has 160 valence electrons. The Morgan fingerprint density at radius 1 is 1.23 bits per heavy atom. The average molecular weight is 472 g/mol. The lowest BCUT2D eigenvalue weighted by Gasteiger charge is -2.16. The van der Waals surface area contributed by atoms with Gasteiger partial charge in [0, 0.05) is 28.1 Å². The lowest BCUT2D eigenvalue weighted by Crippen LogP contribution is -2.21. The van der Waals surface area contributed by atoms with Gasteiger partial charge in [0.15, 0.2) is 0 Å². The molecule has 1 aromatic heterocycles. The average Bonchev–Trinajstić information content (AvgIpc) is 3.35. The number of anilines is 1. The summed E-state index contributed by atoms with van der Waals surface area (Å²) in [6.07, 6.45) is 4.95. The highest BCUT2D eigenvalue weighted by molar-refractivity contribution is 7.18. The standard InChI is InChI=1S/C24H24Cl2N3OP/c1-4-20-21(24(2,3)31)27-29(22(20)25)19-10-6-9-17(14-19)23(30)28(26)18-12-11-15-7-5-8-16(15)13-18/h4,6,9-14H,1,5,7-8,31H2,2-3H3. The number of benzene rings is 2. The minimum absolute atomic E-state index is 0.285. The van der Waals surface area contributed by atoms with E-state index in [1.807, 2.05) is 32.0 Å². The molecule has 3 aromatic rings. The SMILES string of the molecule is C=Cc1c(C(C)(C)P)nn(-c2cccc(C(=O)N(Cl)c3ccc4c(c3)CCC4)c2)c1Cl. The molecule has 1 amide bonds. The third-order valence-electron chi connectivity index (χ3n) is 5.50. The molecule has 31 heavy (non-hydrogen) atoms. The third kappa shape index (κ3) is 4.17. The Morgan fingerprint density at radius 2 is 1.97 bits per heavy atom.